The molecule has 1 heterocycles. The number of rotatable bonds is 3. The van der Waals surface area contributed by atoms with E-state index in [0.29, 0.717) is 25.8 Å². The van der Waals surface area contributed by atoms with Crippen LogP contribution in [0.15, 0.2) is 18.2 Å². The van der Waals surface area contributed by atoms with Crippen molar-refractivity contribution in [3.63, 3.8) is 0 Å². The molecule has 0 bridgehead atoms. The number of nitrogens with one attached hydrogen (secondary N) is 1. The second kappa shape index (κ2) is 5.21. The van der Waals surface area contributed by atoms with Crippen LogP contribution in [-0.4, -0.2) is 23.8 Å². The van der Waals surface area contributed by atoms with Crippen molar-refractivity contribution < 1.29 is 9.59 Å². The van der Waals surface area contributed by atoms with E-state index in [1.807, 2.05) is 32.2 Å². The van der Waals surface area contributed by atoms with Crippen molar-refractivity contribution in [2.45, 2.75) is 32.7 Å². The lowest BCUT2D eigenvalue weighted by Crippen LogP contribution is -2.39. The molecule has 96 valence electrons. The Morgan fingerprint density at radius 2 is 1.89 bits per heavy atom. The van der Waals surface area contributed by atoms with Gasteiger partial charge in [0, 0.05) is 25.6 Å². The number of imide groups is 1. The van der Waals surface area contributed by atoms with Gasteiger partial charge in [-0.15, -0.1) is 0 Å². The summed E-state index contributed by atoms with van der Waals surface area (Å²) < 4.78 is 0. The van der Waals surface area contributed by atoms with E-state index in [1.54, 1.807) is 0 Å². The van der Waals surface area contributed by atoms with Gasteiger partial charge in [0.1, 0.15) is 0 Å². The Morgan fingerprint density at radius 1 is 1.22 bits per heavy atom. The second-order valence-corrected chi connectivity index (χ2v) is 4.59. The lowest BCUT2D eigenvalue weighted by atomic mass is 10.0. The highest BCUT2D eigenvalue weighted by Gasteiger charge is 2.26. The molecule has 1 N–H and O–H groups in total. The quantitative estimate of drug-likeness (QED) is 0.831. The van der Waals surface area contributed by atoms with Crippen LogP contribution in [0.3, 0.4) is 0 Å². The number of benzene rings is 1. The molecule has 0 spiro atoms. The number of aryl methyl sites for hydroxylation is 1. The maximum Gasteiger partial charge on any atom is 0.229 e. The number of anilines is 1. The minimum Gasteiger partial charge on any atom is -0.388 e. The fourth-order valence-corrected chi connectivity index (χ4v) is 2.36. The molecule has 4 nitrogen and oxygen atoms in total. The molecule has 0 atom stereocenters. The van der Waals surface area contributed by atoms with Crippen LogP contribution in [0.25, 0.3) is 0 Å². The highest BCUT2D eigenvalue weighted by atomic mass is 16.2. The predicted octanol–water partition coefficient (Wildman–Crippen LogP) is 2.08. The molecule has 1 fully saturated rings. The van der Waals surface area contributed by atoms with Crippen LogP contribution in [0.4, 0.5) is 5.69 Å². The van der Waals surface area contributed by atoms with E-state index in [9.17, 15) is 9.59 Å². The third kappa shape index (κ3) is 2.37. The number of likely N-dealkylation sites (tertiary alicyclic amines) is 1. The number of hydrogen-bond donors (Lipinski definition) is 1. The average Bonchev–Trinajstić information content (AvgIpc) is 2.34. The fourth-order valence-electron chi connectivity index (χ4n) is 2.36. The van der Waals surface area contributed by atoms with E-state index in [4.69, 9.17) is 0 Å². The van der Waals surface area contributed by atoms with Crippen LogP contribution in [0.5, 0.6) is 0 Å². The van der Waals surface area contributed by atoms with Crippen LogP contribution >= 0.6 is 0 Å². The van der Waals surface area contributed by atoms with E-state index in [1.165, 1.54) is 4.90 Å². The molecule has 4 heteroatoms. The standard InChI is InChI=1S/C14H18N2O2/c1-10-5-3-6-11(14(10)15-2)9-16-12(17)7-4-8-13(16)18/h3,5-6,15H,4,7-9H2,1-2H3. The molecule has 0 unspecified atom stereocenters. The molecule has 2 amide bonds. The molecule has 18 heavy (non-hydrogen) atoms. The fraction of sp³-hybridized carbons (Fsp3) is 0.429. The third-order valence-electron chi connectivity index (χ3n) is 3.32. The van der Waals surface area contributed by atoms with Crippen LogP contribution < -0.4 is 5.32 Å². The Balaban J connectivity index is 2.25. The largest absolute Gasteiger partial charge is 0.388 e. The molecule has 1 aliphatic rings. The molecule has 0 aliphatic carbocycles. The van der Waals surface area contributed by atoms with Crippen molar-refractivity contribution in [2.24, 2.45) is 0 Å². The highest BCUT2D eigenvalue weighted by molar-refractivity contribution is 5.97. The highest BCUT2D eigenvalue weighted by Crippen LogP contribution is 2.23. The summed E-state index contributed by atoms with van der Waals surface area (Å²) in [5.74, 6) is -0.121. The summed E-state index contributed by atoms with van der Waals surface area (Å²) in [6.45, 7) is 2.38. The number of carbonyl (C=O) groups excluding carboxylic acids is 2. The van der Waals surface area contributed by atoms with E-state index in [2.05, 4.69) is 5.32 Å². The number of piperidine rings is 1. The maximum absolute atomic E-state index is 11.8. The monoisotopic (exact) mass is 246 g/mol. The van der Waals surface area contributed by atoms with E-state index in [-0.39, 0.29) is 11.8 Å². The molecule has 0 saturated carbocycles. The van der Waals surface area contributed by atoms with Gasteiger partial charge in [0.25, 0.3) is 0 Å². The number of amides is 2. The smallest absolute Gasteiger partial charge is 0.229 e. The summed E-state index contributed by atoms with van der Waals surface area (Å²) in [6, 6.07) is 5.91. The van der Waals surface area contributed by atoms with Crippen molar-refractivity contribution in [1.29, 1.82) is 0 Å². The van der Waals surface area contributed by atoms with Crippen molar-refractivity contribution in [2.75, 3.05) is 12.4 Å². The van der Waals surface area contributed by atoms with Gasteiger partial charge in [-0.3, -0.25) is 14.5 Å². The molecular formula is C14H18N2O2. The van der Waals surface area contributed by atoms with E-state index in [0.717, 1.165) is 16.8 Å². The summed E-state index contributed by atoms with van der Waals surface area (Å²) in [6.07, 6.45) is 1.64. The zero-order valence-electron chi connectivity index (χ0n) is 10.8. The first-order valence-electron chi connectivity index (χ1n) is 6.23. The summed E-state index contributed by atoms with van der Waals surface area (Å²) in [5.41, 5.74) is 3.11. The molecule has 0 aromatic heterocycles. The van der Waals surface area contributed by atoms with E-state index < -0.39 is 0 Å². The Labute approximate surface area is 107 Å². The minimum absolute atomic E-state index is 0.0604. The second-order valence-electron chi connectivity index (χ2n) is 4.59. The van der Waals surface area contributed by atoms with Crippen LogP contribution in [0.1, 0.15) is 30.4 Å². The zero-order valence-corrected chi connectivity index (χ0v) is 10.8. The lowest BCUT2D eigenvalue weighted by molar-refractivity contribution is -0.148. The SMILES string of the molecule is CNc1c(C)cccc1CN1C(=O)CCCC1=O. The van der Waals surface area contributed by atoms with Crippen molar-refractivity contribution in [1.82, 2.24) is 4.90 Å². The normalized spacial score (nSPS) is 16.0. The van der Waals surface area contributed by atoms with Gasteiger partial charge in [0.15, 0.2) is 0 Å². The first kappa shape index (κ1) is 12.6. The van der Waals surface area contributed by atoms with Gasteiger partial charge in [-0.2, -0.15) is 0 Å². The maximum atomic E-state index is 11.8. The van der Waals surface area contributed by atoms with Crippen molar-refractivity contribution in [3.05, 3.63) is 29.3 Å². The van der Waals surface area contributed by atoms with Crippen LogP contribution in [0.2, 0.25) is 0 Å². The minimum atomic E-state index is -0.0604. The van der Waals surface area contributed by atoms with Crippen LogP contribution in [-0.2, 0) is 16.1 Å². The predicted molar refractivity (Wildman–Crippen MR) is 70.1 cm³/mol. The lowest BCUT2D eigenvalue weighted by Gasteiger charge is -2.26. The number of para-hydroxylation sites is 1. The Bertz CT molecular complexity index is 467. The summed E-state index contributed by atoms with van der Waals surface area (Å²) in [5, 5.41) is 3.13. The summed E-state index contributed by atoms with van der Waals surface area (Å²) >= 11 is 0. The molecule has 1 aromatic rings. The zero-order chi connectivity index (χ0) is 13.1. The van der Waals surface area contributed by atoms with Gasteiger partial charge >= 0.3 is 0 Å². The Morgan fingerprint density at radius 3 is 2.50 bits per heavy atom. The van der Waals surface area contributed by atoms with Gasteiger partial charge in [-0.25, -0.2) is 0 Å². The summed E-state index contributed by atoms with van der Waals surface area (Å²) in [4.78, 5) is 24.9. The van der Waals surface area contributed by atoms with Gasteiger partial charge in [0.05, 0.1) is 6.54 Å². The number of hydrogen-bond acceptors (Lipinski definition) is 3. The summed E-state index contributed by atoms with van der Waals surface area (Å²) in [7, 11) is 1.85. The molecular weight excluding hydrogens is 228 g/mol. The van der Waals surface area contributed by atoms with Gasteiger partial charge in [-0.1, -0.05) is 18.2 Å². The van der Waals surface area contributed by atoms with Crippen molar-refractivity contribution >= 4 is 17.5 Å². The topological polar surface area (TPSA) is 49.4 Å². The Hall–Kier alpha value is -1.84. The number of nitrogens with zero attached hydrogens (tertiary/aromatic N) is 1. The van der Waals surface area contributed by atoms with Gasteiger partial charge < -0.3 is 5.32 Å². The molecule has 1 aromatic carbocycles. The average molecular weight is 246 g/mol. The molecule has 0 radical (unpaired) electrons. The van der Waals surface area contributed by atoms with Crippen LogP contribution in [0, 0.1) is 6.92 Å². The molecule has 1 saturated heterocycles. The van der Waals surface area contributed by atoms with Crippen molar-refractivity contribution in [3.8, 4) is 0 Å². The van der Waals surface area contributed by atoms with E-state index >= 15 is 0 Å². The molecule has 2 rings (SSSR count). The first-order valence-corrected chi connectivity index (χ1v) is 6.23. The Kier molecular flexibility index (Phi) is 3.65. The van der Waals surface area contributed by atoms with Gasteiger partial charge in [-0.05, 0) is 24.5 Å². The third-order valence-corrected chi connectivity index (χ3v) is 3.32. The first-order chi connectivity index (χ1) is 8.63. The number of carbonyl (C=O) groups is 2. The molecule has 1 aliphatic heterocycles. The van der Waals surface area contributed by atoms with Gasteiger partial charge in [0.2, 0.25) is 11.8 Å².